The molecule has 0 saturated carbocycles. The first-order chi connectivity index (χ1) is 14.6. The van der Waals surface area contributed by atoms with E-state index in [-0.39, 0.29) is 23.2 Å². The van der Waals surface area contributed by atoms with E-state index in [2.05, 4.69) is 5.32 Å². The molecule has 2 aromatic rings. The van der Waals surface area contributed by atoms with Crippen molar-refractivity contribution in [2.24, 2.45) is 5.92 Å². The van der Waals surface area contributed by atoms with E-state index in [4.69, 9.17) is 0 Å². The van der Waals surface area contributed by atoms with Crippen molar-refractivity contribution >= 4 is 34.7 Å². The topological polar surface area (TPSA) is 90.0 Å². The van der Waals surface area contributed by atoms with E-state index in [0.717, 1.165) is 11.3 Å². The van der Waals surface area contributed by atoms with Crippen molar-refractivity contribution in [1.29, 1.82) is 0 Å². The fourth-order valence-electron chi connectivity index (χ4n) is 3.61. The highest BCUT2D eigenvalue weighted by Gasteiger charge is 2.44. The van der Waals surface area contributed by atoms with E-state index in [0.29, 0.717) is 11.4 Å². The van der Waals surface area contributed by atoms with Crippen LogP contribution < -0.4 is 15.1 Å². The highest BCUT2D eigenvalue weighted by Crippen LogP contribution is 2.42. The molecule has 7 heteroatoms. The van der Waals surface area contributed by atoms with Gasteiger partial charge in [-0.15, -0.1) is 0 Å². The number of carbonyl (C=O) groups is 3. The number of nitrogens with zero attached hydrogens (tertiary/aromatic N) is 2. The summed E-state index contributed by atoms with van der Waals surface area (Å²) in [6.07, 6.45) is 0. The van der Waals surface area contributed by atoms with E-state index >= 15 is 0 Å². The normalized spacial score (nSPS) is 16.1. The lowest BCUT2D eigenvalue weighted by molar-refractivity contribution is -0.119. The maximum atomic E-state index is 13.1. The quantitative estimate of drug-likeness (QED) is 0.740. The third-order valence-corrected chi connectivity index (χ3v) is 5.19. The van der Waals surface area contributed by atoms with Crippen molar-refractivity contribution in [3.8, 4) is 0 Å². The Morgan fingerprint density at radius 2 is 1.61 bits per heavy atom. The molecule has 3 rings (SSSR count). The van der Waals surface area contributed by atoms with E-state index in [1.165, 1.54) is 11.8 Å². The molecule has 1 aliphatic heterocycles. The summed E-state index contributed by atoms with van der Waals surface area (Å²) in [6.45, 7) is 4.89. The van der Waals surface area contributed by atoms with Crippen molar-refractivity contribution in [3.05, 3.63) is 65.4 Å². The molecule has 2 aromatic carbocycles. The van der Waals surface area contributed by atoms with Crippen LogP contribution in [0.15, 0.2) is 59.9 Å². The summed E-state index contributed by atoms with van der Waals surface area (Å²) in [5, 5.41) is 13.3. The highest BCUT2D eigenvalue weighted by atomic mass is 16.3. The number of aliphatic hydroxyl groups is 1. The summed E-state index contributed by atoms with van der Waals surface area (Å²) in [4.78, 5) is 40.7. The van der Waals surface area contributed by atoms with Crippen molar-refractivity contribution in [2.45, 2.75) is 26.8 Å². The summed E-state index contributed by atoms with van der Waals surface area (Å²) in [6, 6.07) is 13.5. The Kier molecular flexibility index (Phi) is 6.15. The molecule has 31 heavy (non-hydrogen) atoms. The minimum atomic E-state index is -0.745. The lowest BCUT2D eigenvalue weighted by atomic mass is 9.91. The molecular weight excluding hydrogens is 394 g/mol. The van der Waals surface area contributed by atoms with Gasteiger partial charge in [-0.2, -0.15) is 0 Å². The van der Waals surface area contributed by atoms with Crippen LogP contribution in [0.1, 0.15) is 32.4 Å². The van der Waals surface area contributed by atoms with Gasteiger partial charge in [0.1, 0.15) is 0 Å². The van der Waals surface area contributed by atoms with Crippen LogP contribution in [0.25, 0.3) is 0 Å². The molecule has 0 saturated heterocycles. The number of hydrogen-bond donors (Lipinski definition) is 2. The number of ketones is 1. The van der Waals surface area contributed by atoms with Crippen LogP contribution in [0.5, 0.6) is 0 Å². The second-order valence-electron chi connectivity index (χ2n) is 8.07. The molecule has 0 spiro atoms. The minimum Gasteiger partial charge on any atom is -0.503 e. The molecule has 2 N–H and O–H groups in total. The SMILES string of the molecule is CC(=O)Nc1ccc(N2C(=O)C(O)=C(C(=O)C(C)C)C2c2ccc(N(C)C)cc2)cc1. The second kappa shape index (κ2) is 8.63. The third-order valence-electron chi connectivity index (χ3n) is 5.19. The Morgan fingerprint density at radius 1 is 1.03 bits per heavy atom. The van der Waals surface area contributed by atoms with Crippen LogP contribution in [0, 0.1) is 5.92 Å². The van der Waals surface area contributed by atoms with Gasteiger partial charge in [0.05, 0.1) is 11.6 Å². The van der Waals surface area contributed by atoms with Gasteiger partial charge in [0.2, 0.25) is 5.91 Å². The maximum Gasteiger partial charge on any atom is 0.294 e. The lowest BCUT2D eigenvalue weighted by Crippen LogP contribution is -2.31. The number of nitrogens with one attached hydrogen (secondary N) is 1. The Labute approximate surface area is 182 Å². The fourth-order valence-corrected chi connectivity index (χ4v) is 3.61. The monoisotopic (exact) mass is 421 g/mol. The minimum absolute atomic E-state index is 0.101. The molecule has 0 bridgehead atoms. The Bertz CT molecular complexity index is 1040. The van der Waals surface area contributed by atoms with Crippen LogP contribution in [-0.4, -0.2) is 36.8 Å². The van der Waals surface area contributed by atoms with Crippen molar-refractivity contribution in [2.75, 3.05) is 29.2 Å². The van der Waals surface area contributed by atoms with Crippen LogP contribution in [0.4, 0.5) is 17.1 Å². The molecule has 0 fully saturated rings. The van der Waals surface area contributed by atoms with Gasteiger partial charge in [0.15, 0.2) is 11.5 Å². The van der Waals surface area contributed by atoms with Crippen molar-refractivity contribution in [3.63, 3.8) is 0 Å². The third kappa shape index (κ3) is 4.30. The zero-order valence-electron chi connectivity index (χ0n) is 18.3. The van der Waals surface area contributed by atoms with Crippen LogP contribution in [0.3, 0.4) is 0 Å². The summed E-state index contributed by atoms with van der Waals surface area (Å²) >= 11 is 0. The lowest BCUT2D eigenvalue weighted by Gasteiger charge is -2.28. The standard InChI is InChI=1S/C24H27N3O4/c1-14(2)22(29)20-21(16-6-10-18(11-7-16)26(4)5)27(24(31)23(20)30)19-12-8-17(9-13-19)25-15(3)28/h6-14,21,30H,1-5H3,(H,25,28). The van der Waals surface area contributed by atoms with E-state index in [9.17, 15) is 19.5 Å². The number of benzene rings is 2. The van der Waals surface area contributed by atoms with Gasteiger partial charge in [0, 0.05) is 44.0 Å². The predicted molar refractivity (Wildman–Crippen MR) is 121 cm³/mol. The number of aliphatic hydroxyl groups excluding tert-OH is 1. The van der Waals surface area contributed by atoms with Crippen LogP contribution in [0.2, 0.25) is 0 Å². The fraction of sp³-hybridized carbons (Fsp3) is 0.292. The molecule has 2 amide bonds. The molecule has 0 aliphatic carbocycles. The summed E-state index contributed by atoms with van der Waals surface area (Å²) < 4.78 is 0. The second-order valence-corrected chi connectivity index (χ2v) is 8.07. The summed E-state index contributed by atoms with van der Waals surface area (Å²) in [7, 11) is 3.85. The molecule has 1 aliphatic rings. The van der Waals surface area contributed by atoms with Crippen molar-refractivity contribution < 1.29 is 19.5 Å². The van der Waals surface area contributed by atoms with Crippen molar-refractivity contribution in [1.82, 2.24) is 0 Å². The number of Topliss-reactive ketones (excluding diaryl/α,β-unsaturated/α-hetero) is 1. The number of hydrogen-bond acceptors (Lipinski definition) is 5. The van der Waals surface area contributed by atoms with Gasteiger partial charge < -0.3 is 15.3 Å². The first-order valence-corrected chi connectivity index (χ1v) is 10.1. The largest absolute Gasteiger partial charge is 0.503 e. The summed E-state index contributed by atoms with van der Waals surface area (Å²) in [5.74, 6) is -2.00. The maximum absolute atomic E-state index is 13.1. The Morgan fingerprint density at radius 3 is 2.10 bits per heavy atom. The van der Waals surface area contributed by atoms with Gasteiger partial charge in [-0.25, -0.2) is 0 Å². The number of carbonyl (C=O) groups excluding carboxylic acids is 3. The number of anilines is 3. The average Bonchev–Trinajstić information content (AvgIpc) is 2.98. The average molecular weight is 421 g/mol. The first-order valence-electron chi connectivity index (χ1n) is 10.1. The van der Waals surface area contributed by atoms with E-state index in [1.807, 2.05) is 43.3 Å². The van der Waals surface area contributed by atoms with Gasteiger partial charge in [-0.3, -0.25) is 19.3 Å². The molecule has 1 unspecified atom stereocenters. The zero-order chi connectivity index (χ0) is 22.9. The van der Waals surface area contributed by atoms with Crippen LogP contribution >= 0.6 is 0 Å². The number of amides is 2. The van der Waals surface area contributed by atoms with Crippen LogP contribution in [-0.2, 0) is 14.4 Å². The molecule has 1 heterocycles. The predicted octanol–water partition coefficient (Wildman–Crippen LogP) is 3.84. The molecule has 0 aromatic heterocycles. The molecular formula is C24H27N3O4. The highest BCUT2D eigenvalue weighted by molar-refractivity contribution is 6.16. The summed E-state index contributed by atoms with van der Waals surface area (Å²) in [5.41, 5.74) is 2.90. The van der Waals surface area contributed by atoms with Gasteiger partial charge >= 0.3 is 0 Å². The zero-order valence-corrected chi connectivity index (χ0v) is 18.3. The van der Waals surface area contributed by atoms with Gasteiger partial charge in [-0.1, -0.05) is 26.0 Å². The molecule has 1 atom stereocenters. The smallest absolute Gasteiger partial charge is 0.294 e. The van der Waals surface area contributed by atoms with E-state index < -0.39 is 17.7 Å². The Balaban J connectivity index is 2.09. The number of rotatable bonds is 6. The van der Waals surface area contributed by atoms with Gasteiger partial charge in [-0.05, 0) is 42.0 Å². The molecule has 162 valence electrons. The molecule has 0 radical (unpaired) electrons. The van der Waals surface area contributed by atoms with Gasteiger partial charge in [0.25, 0.3) is 5.91 Å². The first kappa shape index (κ1) is 22.1. The molecule has 7 nitrogen and oxygen atoms in total. The van der Waals surface area contributed by atoms with E-state index in [1.54, 1.807) is 38.1 Å². The Hall–Kier alpha value is -3.61.